The third-order valence-corrected chi connectivity index (χ3v) is 4.58. The number of alkyl halides is 1. The molecule has 2 aromatic carbocycles. The van der Waals surface area contributed by atoms with E-state index in [2.05, 4.69) is 12.1 Å². The van der Waals surface area contributed by atoms with E-state index in [9.17, 15) is 0 Å². The summed E-state index contributed by atoms with van der Waals surface area (Å²) >= 11 is 13.1. The molecule has 0 nitrogen and oxygen atoms in total. The van der Waals surface area contributed by atoms with Crippen molar-refractivity contribution < 1.29 is 0 Å². The number of halogens is 2. The van der Waals surface area contributed by atoms with Crippen molar-refractivity contribution in [2.75, 3.05) is 0 Å². The van der Waals surface area contributed by atoms with Crippen LogP contribution in [0.4, 0.5) is 0 Å². The Morgan fingerprint density at radius 1 is 0.833 bits per heavy atom. The van der Waals surface area contributed by atoms with Gasteiger partial charge in [0.25, 0.3) is 0 Å². The van der Waals surface area contributed by atoms with Gasteiger partial charge in [0.1, 0.15) is 4.87 Å². The molecule has 0 spiro atoms. The van der Waals surface area contributed by atoms with E-state index in [1.807, 2.05) is 48.5 Å². The van der Waals surface area contributed by atoms with Crippen LogP contribution < -0.4 is 0 Å². The molecule has 0 saturated carbocycles. The van der Waals surface area contributed by atoms with Crippen LogP contribution in [0, 0.1) is 0 Å². The number of rotatable bonds is 2. The molecule has 18 heavy (non-hydrogen) atoms. The molecule has 2 aromatic rings. The monoisotopic (exact) mass is 274 g/mol. The molecule has 0 heterocycles. The molecule has 3 rings (SSSR count). The van der Waals surface area contributed by atoms with E-state index in [1.54, 1.807) is 0 Å². The Balaban J connectivity index is 2.00. The Labute approximate surface area is 117 Å². The van der Waals surface area contributed by atoms with Crippen molar-refractivity contribution in [3.63, 3.8) is 0 Å². The highest BCUT2D eigenvalue weighted by atomic mass is 35.5. The van der Waals surface area contributed by atoms with Crippen LogP contribution in [0.5, 0.6) is 0 Å². The second-order valence-corrected chi connectivity index (χ2v) is 5.53. The van der Waals surface area contributed by atoms with Gasteiger partial charge in [-0.15, -0.1) is 11.6 Å². The zero-order chi connectivity index (χ0) is 12.6. The Bertz CT molecular complexity index is 587. The zero-order valence-electron chi connectivity index (χ0n) is 9.74. The van der Waals surface area contributed by atoms with Crippen LogP contribution in [0.1, 0.15) is 17.5 Å². The van der Waals surface area contributed by atoms with Gasteiger partial charge in [0, 0.05) is 11.5 Å². The van der Waals surface area contributed by atoms with E-state index >= 15 is 0 Å². The van der Waals surface area contributed by atoms with Crippen molar-refractivity contribution in [1.82, 2.24) is 0 Å². The second kappa shape index (κ2) is 4.46. The molecule has 1 aliphatic rings. The molecule has 1 unspecified atom stereocenters. The molecule has 90 valence electrons. The molecule has 0 saturated heterocycles. The largest absolute Gasteiger partial charge is 0.109 e. The first-order valence-electron chi connectivity index (χ1n) is 5.91. The minimum absolute atomic E-state index is 0.534. The molecule has 0 amide bonds. The molecular weight excluding hydrogens is 263 g/mol. The molecule has 1 aliphatic carbocycles. The molecule has 0 radical (unpaired) electrons. The number of benzene rings is 2. The van der Waals surface area contributed by atoms with Crippen LogP contribution in [0.2, 0.25) is 0 Å². The average molecular weight is 275 g/mol. The number of hydrogen-bond acceptors (Lipinski definition) is 0. The highest BCUT2D eigenvalue weighted by Crippen LogP contribution is 2.56. The van der Waals surface area contributed by atoms with Crippen LogP contribution in [-0.4, -0.2) is 0 Å². The molecule has 0 bridgehead atoms. The summed E-state index contributed by atoms with van der Waals surface area (Å²) in [5.41, 5.74) is 3.38. The minimum atomic E-state index is -0.534. The van der Waals surface area contributed by atoms with Crippen molar-refractivity contribution in [3.8, 4) is 0 Å². The van der Waals surface area contributed by atoms with Gasteiger partial charge in [-0.05, 0) is 16.7 Å². The van der Waals surface area contributed by atoms with Crippen LogP contribution in [0.3, 0.4) is 0 Å². The van der Waals surface area contributed by atoms with Gasteiger partial charge in [0.2, 0.25) is 0 Å². The normalized spacial score (nSPS) is 22.8. The van der Waals surface area contributed by atoms with Crippen LogP contribution >= 0.6 is 23.2 Å². The SMILES string of the molecule is ClC1=C(c2ccccc2)CC1(Cl)c1ccccc1. The van der Waals surface area contributed by atoms with Gasteiger partial charge in [-0.2, -0.15) is 0 Å². The first-order chi connectivity index (χ1) is 8.72. The summed E-state index contributed by atoms with van der Waals surface area (Å²) in [6.07, 6.45) is 0.779. The summed E-state index contributed by atoms with van der Waals surface area (Å²) in [4.78, 5) is -0.534. The Hall–Kier alpha value is -1.24. The molecule has 0 aromatic heterocycles. The fourth-order valence-corrected chi connectivity index (χ4v) is 3.06. The van der Waals surface area contributed by atoms with Gasteiger partial charge in [0.05, 0.1) is 0 Å². The topological polar surface area (TPSA) is 0 Å². The molecule has 0 aliphatic heterocycles. The van der Waals surface area contributed by atoms with Crippen LogP contribution in [-0.2, 0) is 4.87 Å². The van der Waals surface area contributed by atoms with E-state index in [4.69, 9.17) is 23.2 Å². The Morgan fingerprint density at radius 2 is 1.39 bits per heavy atom. The van der Waals surface area contributed by atoms with E-state index < -0.39 is 4.87 Å². The molecule has 2 heteroatoms. The lowest BCUT2D eigenvalue weighted by atomic mass is 9.77. The predicted octanol–water partition coefficient (Wildman–Crippen LogP) is 5.17. The van der Waals surface area contributed by atoms with E-state index in [0.29, 0.717) is 0 Å². The smallest absolute Gasteiger partial charge is 0.107 e. The Kier molecular flexibility index (Phi) is 2.93. The summed E-state index contributed by atoms with van der Waals surface area (Å²) in [5, 5.41) is 0.751. The van der Waals surface area contributed by atoms with Gasteiger partial charge in [-0.1, -0.05) is 72.3 Å². The van der Waals surface area contributed by atoms with Crippen molar-refractivity contribution in [2.24, 2.45) is 0 Å². The highest BCUT2D eigenvalue weighted by molar-refractivity contribution is 6.44. The lowest BCUT2D eigenvalue weighted by molar-refractivity contribution is 0.709. The highest BCUT2D eigenvalue weighted by Gasteiger charge is 2.44. The lowest BCUT2D eigenvalue weighted by Gasteiger charge is -2.38. The van der Waals surface area contributed by atoms with E-state index in [-0.39, 0.29) is 0 Å². The number of hydrogen-bond donors (Lipinski definition) is 0. The van der Waals surface area contributed by atoms with E-state index in [1.165, 1.54) is 0 Å². The number of allylic oxidation sites excluding steroid dienone is 2. The third kappa shape index (κ3) is 1.77. The molecular formula is C16H12Cl2. The lowest BCUT2D eigenvalue weighted by Crippen LogP contribution is -2.29. The first kappa shape index (κ1) is 11.8. The van der Waals surface area contributed by atoms with Crippen LogP contribution in [0.25, 0.3) is 5.57 Å². The summed E-state index contributed by atoms with van der Waals surface area (Å²) in [7, 11) is 0. The minimum Gasteiger partial charge on any atom is -0.107 e. The summed E-state index contributed by atoms with van der Waals surface area (Å²) in [5.74, 6) is 0. The van der Waals surface area contributed by atoms with Crippen LogP contribution in [0.15, 0.2) is 65.7 Å². The maximum absolute atomic E-state index is 6.64. The molecule has 0 N–H and O–H groups in total. The van der Waals surface area contributed by atoms with E-state index in [0.717, 1.165) is 28.2 Å². The predicted molar refractivity (Wildman–Crippen MR) is 77.8 cm³/mol. The van der Waals surface area contributed by atoms with Gasteiger partial charge in [-0.3, -0.25) is 0 Å². The standard InChI is InChI=1S/C16H12Cl2/c17-15-14(12-7-3-1-4-8-12)11-16(15,18)13-9-5-2-6-10-13/h1-10H,11H2. The quantitative estimate of drug-likeness (QED) is 0.663. The second-order valence-electron chi connectivity index (χ2n) is 4.50. The Morgan fingerprint density at radius 3 is 1.94 bits per heavy atom. The maximum Gasteiger partial charge on any atom is 0.109 e. The van der Waals surface area contributed by atoms with Gasteiger partial charge >= 0.3 is 0 Å². The summed E-state index contributed by atoms with van der Waals surface area (Å²) in [6.45, 7) is 0. The van der Waals surface area contributed by atoms with Crippen molar-refractivity contribution in [3.05, 3.63) is 76.8 Å². The fraction of sp³-hybridized carbons (Fsp3) is 0.125. The average Bonchev–Trinajstić information content (AvgIpc) is 2.46. The molecule has 1 atom stereocenters. The molecule has 0 fully saturated rings. The first-order valence-corrected chi connectivity index (χ1v) is 6.66. The van der Waals surface area contributed by atoms with Gasteiger partial charge < -0.3 is 0 Å². The summed E-state index contributed by atoms with van der Waals surface area (Å²) in [6, 6.07) is 20.2. The summed E-state index contributed by atoms with van der Waals surface area (Å²) < 4.78 is 0. The van der Waals surface area contributed by atoms with Crippen molar-refractivity contribution >= 4 is 28.8 Å². The van der Waals surface area contributed by atoms with Gasteiger partial charge in [0.15, 0.2) is 0 Å². The maximum atomic E-state index is 6.64. The van der Waals surface area contributed by atoms with Gasteiger partial charge in [-0.25, -0.2) is 0 Å². The third-order valence-electron chi connectivity index (χ3n) is 3.39. The fourth-order valence-electron chi connectivity index (χ4n) is 2.33. The van der Waals surface area contributed by atoms with Crippen molar-refractivity contribution in [1.29, 1.82) is 0 Å². The zero-order valence-corrected chi connectivity index (χ0v) is 11.2. The van der Waals surface area contributed by atoms with Crippen molar-refractivity contribution in [2.45, 2.75) is 11.3 Å².